The first-order chi connectivity index (χ1) is 9.76. The minimum absolute atomic E-state index is 0.226. The molecule has 1 aliphatic rings. The van der Waals surface area contributed by atoms with Crippen LogP contribution in [0, 0.1) is 11.3 Å². The summed E-state index contributed by atoms with van der Waals surface area (Å²) in [7, 11) is 3.39. The second-order valence-corrected chi connectivity index (χ2v) is 5.10. The molecule has 0 aromatic heterocycles. The van der Waals surface area contributed by atoms with E-state index in [1.807, 2.05) is 12.1 Å². The molecule has 2 rings (SSSR count). The predicted molar refractivity (Wildman–Crippen MR) is 75.6 cm³/mol. The summed E-state index contributed by atoms with van der Waals surface area (Å²) in [6.45, 7) is 0.472. The average molecular weight is 275 g/mol. The van der Waals surface area contributed by atoms with Crippen molar-refractivity contribution in [2.24, 2.45) is 0 Å². The maximum absolute atomic E-state index is 8.96. The Kier molecular flexibility index (Phi) is 5.40. The molecule has 2 unspecified atom stereocenters. The summed E-state index contributed by atoms with van der Waals surface area (Å²) in [5.74, 6) is 0.767. The average Bonchev–Trinajstić information content (AvgIpc) is 2.52. The Balaban J connectivity index is 1.97. The molecule has 1 aliphatic carbocycles. The first-order valence-corrected chi connectivity index (χ1v) is 6.98. The molecule has 0 N–H and O–H groups in total. The maximum Gasteiger partial charge on any atom is 0.124 e. The molecule has 0 heterocycles. The van der Waals surface area contributed by atoms with E-state index in [0.717, 1.165) is 37.0 Å². The van der Waals surface area contributed by atoms with Gasteiger partial charge in [-0.2, -0.15) is 5.26 Å². The fourth-order valence-electron chi connectivity index (χ4n) is 2.64. The fourth-order valence-corrected chi connectivity index (χ4v) is 2.64. The zero-order valence-corrected chi connectivity index (χ0v) is 12.1. The number of nitriles is 1. The van der Waals surface area contributed by atoms with Crippen LogP contribution in [-0.4, -0.2) is 26.4 Å². The number of methoxy groups -OCH3 is 2. The molecule has 4 nitrogen and oxygen atoms in total. The van der Waals surface area contributed by atoms with Gasteiger partial charge in [-0.15, -0.1) is 0 Å². The van der Waals surface area contributed by atoms with Crippen LogP contribution in [0.4, 0.5) is 0 Å². The van der Waals surface area contributed by atoms with Crippen LogP contribution in [0.1, 0.15) is 36.8 Å². The monoisotopic (exact) mass is 275 g/mol. The molecule has 108 valence electrons. The zero-order valence-electron chi connectivity index (χ0n) is 12.1. The summed E-state index contributed by atoms with van der Waals surface area (Å²) in [4.78, 5) is 0. The van der Waals surface area contributed by atoms with E-state index in [-0.39, 0.29) is 6.10 Å². The minimum Gasteiger partial charge on any atom is -0.496 e. The van der Waals surface area contributed by atoms with Gasteiger partial charge in [0.15, 0.2) is 0 Å². The van der Waals surface area contributed by atoms with Gasteiger partial charge in [0, 0.05) is 12.7 Å². The third-order valence-electron chi connectivity index (χ3n) is 3.80. The molecule has 0 spiro atoms. The molecule has 1 fully saturated rings. The van der Waals surface area contributed by atoms with Gasteiger partial charge >= 0.3 is 0 Å². The van der Waals surface area contributed by atoms with Crippen LogP contribution in [0.15, 0.2) is 18.2 Å². The van der Waals surface area contributed by atoms with E-state index in [9.17, 15) is 0 Å². The van der Waals surface area contributed by atoms with Crippen molar-refractivity contribution in [3.63, 3.8) is 0 Å². The Bertz CT molecular complexity index is 481. The summed E-state index contributed by atoms with van der Waals surface area (Å²) in [5, 5.41) is 8.96. The largest absolute Gasteiger partial charge is 0.496 e. The van der Waals surface area contributed by atoms with Crippen molar-refractivity contribution in [3.05, 3.63) is 29.3 Å². The van der Waals surface area contributed by atoms with Crippen LogP contribution >= 0.6 is 0 Å². The lowest BCUT2D eigenvalue weighted by atomic mass is 9.95. The highest BCUT2D eigenvalue weighted by Gasteiger charge is 2.22. The first-order valence-electron chi connectivity index (χ1n) is 6.98. The van der Waals surface area contributed by atoms with Crippen molar-refractivity contribution in [1.29, 1.82) is 5.26 Å². The fraction of sp³-hybridized carbons (Fsp3) is 0.562. The third kappa shape index (κ3) is 3.72. The quantitative estimate of drug-likeness (QED) is 0.828. The Morgan fingerprint density at radius 3 is 2.75 bits per heavy atom. The zero-order chi connectivity index (χ0) is 14.4. The Labute approximate surface area is 120 Å². The number of benzene rings is 1. The molecule has 0 amide bonds. The number of hydrogen-bond donors (Lipinski definition) is 0. The molecule has 0 radical (unpaired) electrons. The lowest BCUT2D eigenvalue weighted by molar-refractivity contribution is -0.0367. The van der Waals surface area contributed by atoms with Gasteiger partial charge in [0.05, 0.1) is 37.6 Å². The first kappa shape index (κ1) is 14.8. The molecule has 0 bridgehead atoms. The number of nitrogens with zero attached hydrogens (tertiary/aromatic N) is 1. The Morgan fingerprint density at radius 1 is 1.25 bits per heavy atom. The number of hydrogen-bond acceptors (Lipinski definition) is 4. The van der Waals surface area contributed by atoms with E-state index in [0.29, 0.717) is 18.3 Å². The summed E-state index contributed by atoms with van der Waals surface area (Å²) in [6.07, 6.45) is 4.80. The third-order valence-corrected chi connectivity index (χ3v) is 3.80. The summed E-state index contributed by atoms with van der Waals surface area (Å²) >= 11 is 0. The standard InChI is InChI=1S/C16H21NO3/c1-18-14-4-3-5-15(9-14)20-11-13-8-12(10-17)6-7-16(13)19-2/h6-8,14-15H,3-5,9,11H2,1-2H3. The molecule has 0 aliphatic heterocycles. The van der Waals surface area contributed by atoms with Crippen molar-refractivity contribution in [2.75, 3.05) is 14.2 Å². The topological polar surface area (TPSA) is 51.5 Å². The molecular weight excluding hydrogens is 254 g/mol. The smallest absolute Gasteiger partial charge is 0.124 e. The second-order valence-electron chi connectivity index (χ2n) is 5.10. The van der Waals surface area contributed by atoms with Crippen LogP contribution in [0.2, 0.25) is 0 Å². The summed E-state index contributed by atoms with van der Waals surface area (Å²) in [6, 6.07) is 7.54. The highest BCUT2D eigenvalue weighted by Crippen LogP contribution is 2.26. The highest BCUT2D eigenvalue weighted by atomic mass is 16.5. The lowest BCUT2D eigenvalue weighted by Gasteiger charge is -2.28. The van der Waals surface area contributed by atoms with Gasteiger partial charge in [0.2, 0.25) is 0 Å². The molecule has 1 saturated carbocycles. The van der Waals surface area contributed by atoms with Gasteiger partial charge < -0.3 is 14.2 Å². The van der Waals surface area contributed by atoms with E-state index < -0.39 is 0 Å². The van der Waals surface area contributed by atoms with Crippen molar-refractivity contribution in [2.45, 2.75) is 44.5 Å². The van der Waals surface area contributed by atoms with Crippen molar-refractivity contribution in [3.8, 4) is 11.8 Å². The second kappa shape index (κ2) is 7.28. The van der Waals surface area contributed by atoms with Gasteiger partial charge in [0.25, 0.3) is 0 Å². The van der Waals surface area contributed by atoms with Crippen LogP contribution < -0.4 is 4.74 Å². The molecule has 20 heavy (non-hydrogen) atoms. The molecule has 0 saturated heterocycles. The van der Waals surface area contributed by atoms with Crippen LogP contribution in [0.25, 0.3) is 0 Å². The normalized spacial score (nSPS) is 22.2. The van der Waals surface area contributed by atoms with Crippen molar-refractivity contribution >= 4 is 0 Å². The molecular formula is C16H21NO3. The summed E-state index contributed by atoms with van der Waals surface area (Å²) < 4.78 is 16.7. The van der Waals surface area contributed by atoms with Crippen LogP contribution in [0.3, 0.4) is 0 Å². The molecule has 1 aromatic rings. The van der Waals surface area contributed by atoms with Crippen LogP contribution in [0.5, 0.6) is 5.75 Å². The Hall–Kier alpha value is -1.57. The molecule has 4 heteroatoms. The van der Waals surface area contributed by atoms with Crippen molar-refractivity contribution < 1.29 is 14.2 Å². The van der Waals surface area contributed by atoms with E-state index in [2.05, 4.69) is 6.07 Å². The SMILES string of the molecule is COc1ccc(C#N)cc1COC1CCCC(OC)C1. The number of rotatable bonds is 5. The highest BCUT2D eigenvalue weighted by molar-refractivity contribution is 5.41. The van der Waals surface area contributed by atoms with Gasteiger partial charge in [-0.05, 0) is 43.9 Å². The minimum atomic E-state index is 0.226. The van der Waals surface area contributed by atoms with Crippen LogP contribution in [-0.2, 0) is 16.1 Å². The van der Waals surface area contributed by atoms with E-state index in [1.165, 1.54) is 0 Å². The van der Waals surface area contributed by atoms with E-state index in [1.54, 1.807) is 20.3 Å². The van der Waals surface area contributed by atoms with E-state index >= 15 is 0 Å². The van der Waals surface area contributed by atoms with Gasteiger partial charge in [-0.3, -0.25) is 0 Å². The van der Waals surface area contributed by atoms with Crippen molar-refractivity contribution in [1.82, 2.24) is 0 Å². The lowest BCUT2D eigenvalue weighted by Crippen LogP contribution is -2.27. The molecule has 2 atom stereocenters. The van der Waals surface area contributed by atoms with Gasteiger partial charge in [-0.1, -0.05) is 0 Å². The number of ether oxygens (including phenoxy) is 3. The van der Waals surface area contributed by atoms with E-state index in [4.69, 9.17) is 19.5 Å². The van der Waals surface area contributed by atoms with Gasteiger partial charge in [0.1, 0.15) is 5.75 Å². The Morgan fingerprint density at radius 2 is 2.05 bits per heavy atom. The maximum atomic E-state index is 8.96. The predicted octanol–water partition coefficient (Wildman–Crippen LogP) is 3.04. The van der Waals surface area contributed by atoms with Gasteiger partial charge in [-0.25, -0.2) is 0 Å². The summed E-state index contributed by atoms with van der Waals surface area (Å²) in [5.41, 5.74) is 1.55. The molecule has 1 aromatic carbocycles.